The van der Waals surface area contributed by atoms with Gasteiger partial charge in [0.15, 0.2) is 5.76 Å². The van der Waals surface area contributed by atoms with Crippen molar-refractivity contribution in [3.05, 3.63) is 41.3 Å². The Morgan fingerprint density at radius 1 is 1.35 bits per heavy atom. The summed E-state index contributed by atoms with van der Waals surface area (Å²) >= 11 is 0. The maximum atomic E-state index is 12.2. The van der Waals surface area contributed by atoms with Gasteiger partial charge in [0.25, 0.3) is 0 Å². The molecule has 0 fully saturated rings. The molecule has 0 spiro atoms. The molecule has 108 valence electrons. The van der Waals surface area contributed by atoms with E-state index in [1.807, 2.05) is 6.07 Å². The fourth-order valence-corrected chi connectivity index (χ4v) is 3.23. The maximum absolute atomic E-state index is 12.2. The molecule has 0 aliphatic heterocycles. The second kappa shape index (κ2) is 5.64. The molecule has 0 radical (unpaired) electrons. The van der Waals surface area contributed by atoms with Crippen LogP contribution >= 0.6 is 0 Å². The van der Waals surface area contributed by atoms with Crippen molar-refractivity contribution in [3.63, 3.8) is 0 Å². The molecule has 0 saturated carbocycles. The predicted octanol–water partition coefficient (Wildman–Crippen LogP) is 1.78. The van der Waals surface area contributed by atoms with Gasteiger partial charge in [0.2, 0.25) is 10.0 Å². The van der Waals surface area contributed by atoms with Gasteiger partial charge in [0.05, 0.1) is 7.11 Å². The number of sulfonamides is 1. The quantitative estimate of drug-likeness (QED) is 0.909. The second-order valence-corrected chi connectivity index (χ2v) is 6.03. The number of hydrogen-bond donors (Lipinski definition) is 1. The average Bonchev–Trinajstić information content (AvgIpc) is 2.77. The minimum absolute atomic E-state index is 0.0976. The van der Waals surface area contributed by atoms with Crippen LogP contribution in [-0.4, -0.2) is 20.7 Å². The lowest BCUT2D eigenvalue weighted by Gasteiger charge is -2.07. The third kappa shape index (κ3) is 3.00. The van der Waals surface area contributed by atoms with Crippen LogP contribution in [0.25, 0.3) is 0 Å². The molecule has 6 nitrogen and oxygen atoms in total. The molecule has 1 aromatic heterocycles. The lowest BCUT2D eigenvalue weighted by Crippen LogP contribution is -2.24. The van der Waals surface area contributed by atoms with Crippen molar-refractivity contribution in [1.29, 1.82) is 0 Å². The van der Waals surface area contributed by atoms with Gasteiger partial charge in [-0.15, -0.1) is 0 Å². The predicted molar refractivity (Wildman–Crippen MR) is 73.0 cm³/mol. The molecule has 2 rings (SSSR count). The molecule has 0 aliphatic rings. The SMILES string of the molecule is COc1cccc(CNS(=O)(=O)c2c(C)noc2C)c1. The van der Waals surface area contributed by atoms with E-state index >= 15 is 0 Å². The molecule has 20 heavy (non-hydrogen) atoms. The summed E-state index contributed by atoms with van der Waals surface area (Å²) in [6.07, 6.45) is 0. The summed E-state index contributed by atoms with van der Waals surface area (Å²) in [7, 11) is -2.08. The van der Waals surface area contributed by atoms with Crippen molar-refractivity contribution in [2.24, 2.45) is 0 Å². The van der Waals surface area contributed by atoms with E-state index in [2.05, 4.69) is 9.88 Å². The van der Waals surface area contributed by atoms with E-state index in [1.165, 1.54) is 0 Å². The highest BCUT2D eigenvalue weighted by Gasteiger charge is 2.23. The van der Waals surface area contributed by atoms with E-state index in [0.717, 1.165) is 5.56 Å². The number of methoxy groups -OCH3 is 1. The summed E-state index contributed by atoms with van der Waals surface area (Å²) in [5.41, 5.74) is 1.15. The van der Waals surface area contributed by atoms with Crippen molar-refractivity contribution in [3.8, 4) is 5.75 Å². The first kappa shape index (κ1) is 14.5. The Morgan fingerprint density at radius 3 is 2.70 bits per heavy atom. The third-order valence-electron chi connectivity index (χ3n) is 2.84. The minimum atomic E-state index is -3.64. The number of benzene rings is 1. The van der Waals surface area contributed by atoms with Crippen LogP contribution in [0.4, 0.5) is 0 Å². The molecule has 1 aromatic carbocycles. The van der Waals surface area contributed by atoms with Crippen molar-refractivity contribution in [2.75, 3.05) is 7.11 Å². The number of aromatic nitrogens is 1. The van der Waals surface area contributed by atoms with Crippen LogP contribution in [0.1, 0.15) is 17.0 Å². The smallest absolute Gasteiger partial charge is 0.246 e. The van der Waals surface area contributed by atoms with Crippen molar-refractivity contribution in [2.45, 2.75) is 25.3 Å². The lowest BCUT2D eigenvalue weighted by molar-refractivity contribution is 0.390. The Kier molecular flexibility index (Phi) is 4.10. The Balaban J connectivity index is 2.17. The van der Waals surface area contributed by atoms with E-state index in [9.17, 15) is 8.42 Å². The van der Waals surface area contributed by atoms with Gasteiger partial charge in [-0.3, -0.25) is 0 Å². The summed E-state index contributed by atoms with van der Waals surface area (Å²) in [5.74, 6) is 0.958. The fraction of sp³-hybridized carbons (Fsp3) is 0.308. The zero-order valence-corrected chi connectivity index (χ0v) is 12.3. The molecule has 7 heteroatoms. The number of aryl methyl sites for hydroxylation is 2. The Labute approximate surface area is 117 Å². The molecule has 2 aromatic rings. The molecule has 1 N–H and O–H groups in total. The fourth-order valence-electron chi connectivity index (χ4n) is 1.89. The topological polar surface area (TPSA) is 81.4 Å². The summed E-state index contributed by atoms with van der Waals surface area (Å²) in [4.78, 5) is 0.0976. The molecular weight excluding hydrogens is 280 g/mol. The van der Waals surface area contributed by atoms with Crippen LogP contribution in [0, 0.1) is 13.8 Å². The standard InChI is InChI=1S/C13H16N2O4S/c1-9-13(10(2)19-15-9)20(16,17)14-8-11-5-4-6-12(7-11)18-3/h4-7,14H,8H2,1-3H3. The first-order valence-corrected chi connectivity index (χ1v) is 7.48. The van der Waals surface area contributed by atoms with E-state index < -0.39 is 10.0 Å². The van der Waals surface area contributed by atoms with Gasteiger partial charge in [-0.2, -0.15) is 0 Å². The van der Waals surface area contributed by atoms with Crippen molar-refractivity contribution in [1.82, 2.24) is 9.88 Å². The number of ether oxygens (including phenoxy) is 1. The van der Waals surface area contributed by atoms with Crippen LogP contribution in [-0.2, 0) is 16.6 Å². The highest BCUT2D eigenvalue weighted by atomic mass is 32.2. The number of hydrogen-bond acceptors (Lipinski definition) is 5. The summed E-state index contributed by atoms with van der Waals surface area (Å²) < 4.78 is 36.9. The third-order valence-corrected chi connectivity index (χ3v) is 4.48. The molecule has 0 atom stereocenters. The summed E-state index contributed by atoms with van der Waals surface area (Å²) in [6.45, 7) is 3.33. The highest BCUT2D eigenvalue weighted by molar-refractivity contribution is 7.89. The van der Waals surface area contributed by atoms with Gasteiger partial charge < -0.3 is 9.26 Å². The van der Waals surface area contributed by atoms with E-state index in [-0.39, 0.29) is 17.2 Å². The minimum Gasteiger partial charge on any atom is -0.497 e. The number of rotatable bonds is 5. The number of nitrogens with one attached hydrogen (secondary N) is 1. The van der Waals surface area contributed by atoms with Crippen LogP contribution in [0.3, 0.4) is 0 Å². The summed E-state index contributed by atoms with van der Waals surface area (Å²) in [6, 6.07) is 7.19. The van der Waals surface area contributed by atoms with Gasteiger partial charge in [-0.1, -0.05) is 17.3 Å². The Bertz CT molecular complexity index is 687. The number of nitrogens with zero attached hydrogens (tertiary/aromatic N) is 1. The second-order valence-electron chi connectivity index (χ2n) is 4.33. The maximum Gasteiger partial charge on any atom is 0.246 e. The average molecular weight is 296 g/mol. The molecule has 1 heterocycles. The normalized spacial score (nSPS) is 11.6. The molecule has 0 unspecified atom stereocenters. The van der Waals surface area contributed by atoms with Crippen LogP contribution in [0.2, 0.25) is 0 Å². The van der Waals surface area contributed by atoms with E-state index in [4.69, 9.17) is 9.26 Å². The van der Waals surface area contributed by atoms with Gasteiger partial charge in [0.1, 0.15) is 16.3 Å². The highest BCUT2D eigenvalue weighted by Crippen LogP contribution is 2.19. The lowest BCUT2D eigenvalue weighted by atomic mass is 10.2. The van der Waals surface area contributed by atoms with Crippen molar-refractivity contribution >= 4 is 10.0 Å². The van der Waals surface area contributed by atoms with E-state index in [0.29, 0.717) is 11.4 Å². The molecule has 0 aliphatic carbocycles. The zero-order chi connectivity index (χ0) is 14.8. The molecule has 0 amide bonds. The first-order valence-electron chi connectivity index (χ1n) is 5.99. The van der Waals surface area contributed by atoms with Crippen LogP contribution in [0.15, 0.2) is 33.7 Å². The van der Waals surface area contributed by atoms with Crippen LogP contribution < -0.4 is 9.46 Å². The largest absolute Gasteiger partial charge is 0.497 e. The van der Waals surface area contributed by atoms with Gasteiger partial charge in [-0.05, 0) is 31.5 Å². The Morgan fingerprint density at radius 2 is 2.10 bits per heavy atom. The van der Waals surface area contributed by atoms with E-state index in [1.54, 1.807) is 39.2 Å². The monoisotopic (exact) mass is 296 g/mol. The van der Waals surface area contributed by atoms with Gasteiger partial charge >= 0.3 is 0 Å². The molecular formula is C13H16N2O4S. The zero-order valence-electron chi connectivity index (χ0n) is 11.5. The summed E-state index contributed by atoms with van der Waals surface area (Å²) in [5, 5.41) is 3.65. The van der Waals surface area contributed by atoms with Crippen molar-refractivity contribution < 1.29 is 17.7 Å². The molecule has 0 saturated heterocycles. The molecule has 0 bridgehead atoms. The Hall–Kier alpha value is -1.86. The van der Waals surface area contributed by atoms with Gasteiger partial charge in [-0.25, -0.2) is 13.1 Å². The first-order chi connectivity index (χ1) is 9.44. The van der Waals surface area contributed by atoms with Crippen LogP contribution in [0.5, 0.6) is 5.75 Å². The van der Waals surface area contributed by atoms with Gasteiger partial charge in [0, 0.05) is 6.54 Å².